The van der Waals surface area contributed by atoms with Crippen LogP contribution in [-0.4, -0.2) is 19.7 Å². The van der Waals surface area contributed by atoms with Gasteiger partial charge in [-0.25, -0.2) is 4.98 Å². The van der Waals surface area contributed by atoms with E-state index >= 15 is 0 Å². The van der Waals surface area contributed by atoms with E-state index in [0.717, 1.165) is 27.6 Å². The minimum Gasteiger partial charge on any atom is -0.301 e. The monoisotopic (exact) mass is 234 g/mol. The first-order valence-electron chi connectivity index (χ1n) is 5.77. The molecule has 1 aromatic carbocycles. The lowest BCUT2D eigenvalue weighted by Crippen LogP contribution is -1.92. The lowest BCUT2D eigenvalue weighted by atomic mass is 10.2. The zero-order chi connectivity index (χ0) is 11.9. The summed E-state index contributed by atoms with van der Waals surface area (Å²) in [7, 11) is 0. The summed E-state index contributed by atoms with van der Waals surface area (Å²) in [4.78, 5) is 4.42. The Morgan fingerprint density at radius 1 is 1.06 bits per heavy atom. The number of fused-ring (bicyclic) bond motifs is 2. The SMILES string of the molecule is c1cnc2c(c1)ccn2-c1ccc2[nH]ncc2c1. The number of H-pyrrole nitrogens is 1. The average molecular weight is 234 g/mol. The number of nitrogens with one attached hydrogen (secondary N) is 1. The Morgan fingerprint density at radius 3 is 3.06 bits per heavy atom. The molecule has 4 heteroatoms. The number of aromatic nitrogens is 4. The van der Waals surface area contributed by atoms with Crippen molar-refractivity contribution in [1.82, 2.24) is 19.7 Å². The molecule has 0 aliphatic rings. The largest absolute Gasteiger partial charge is 0.301 e. The van der Waals surface area contributed by atoms with Gasteiger partial charge in [-0.05, 0) is 36.4 Å². The molecule has 0 unspecified atom stereocenters. The quantitative estimate of drug-likeness (QED) is 0.550. The topological polar surface area (TPSA) is 46.5 Å². The van der Waals surface area contributed by atoms with Crippen LogP contribution in [0.4, 0.5) is 0 Å². The molecule has 18 heavy (non-hydrogen) atoms. The van der Waals surface area contributed by atoms with Crippen molar-refractivity contribution < 1.29 is 0 Å². The van der Waals surface area contributed by atoms with Crippen LogP contribution < -0.4 is 0 Å². The van der Waals surface area contributed by atoms with Crippen molar-refractivity contribution in [3.63, 3.8) is 0 Å². The van der Waals surface area contributed by atoms with E-state index < -0.39 is 0 Å². The molecule has 86 valence electrons. The molecule has 3 heterocycles. The van der Waals surface area contributed by atoms with Crippen LogP contribution in [0.15, 0.2) is 55.0 Å². The van der Waals surface area contributed by atoms with Crippen LogP contribution in [0, 0.1) is 0 Å². The molecule has 0 spiro atoms. The van der Waals surface area contributed by atoms with Crippen LogP contribution >= 0.6 is 0 Å². The number of hydrogen-bond donors (Lipinski definition) is 1. The van der Waals surface area contributed by atoms with Crippen LogP contribution in [0.2, 0.25) is 0 Å². The molecule has 1 N–H and O–H groups in total. The number of nitrogens with zero attached hydrogens (tertiary/aromatic N) is 3. The highest BCUT2D eigenvalue weighted by atomic mass is 15.1. The van der Waals surface area contributed by atoms with Gasteiger partial charge in [0.2, 0.25) is 0 Å². The fraction of sp³-hybridized carbons (Fsp3) is 0. The third kappa shape index (κ3) is 1.26. The Labute approximate surface area is 103 Å². The van der Waals surface area contributed by atoms with Crippen molar-refractivity contribution in [2.45, 2.75) is 0 Å². The van der Waals surface area contributed by atoms with Crippen LogP contribution in [-0.2, 0) is 0 Å². The first-order chi connectivity index (χ1) is 8.92. The third-order valence-corrected chi connectivity index (χ3v) is 3.15. The second kappa shape index (κ2) is 3.43. The number of aromatic amines is 1. The predicted octanol–water partition coefficient (Wildman–Crippen LogP) is 2.90. The van der Waals surface area contributed by atoms with Gasteiger partial charge in [0.05, 0.1) is 11.7 Å². The molecule has 0 atom stereocenters. The Morgan fingerprint density at radius 2 is 2.06 bits per heavy atom. The molecule has 4 aromatic rings. The lowest BCUT2D eigenvalue weighted by molar-refractivity contribution is 1.09. The molecule has 0 fully saturated rings. The van der Waals surface area contributed by atoms with E-state index in [1.54, 1.807) is 0 Å². The van der Waals surface area contributed by atoms with Crippen LogP contribution in [0.3, 0.4) is 0 Å². The molecule has 0 amide bonds. The molecule has 0 aliphatic heterocycles. The van der Waals surface area contributed by atoms with Gasteiger partial charge in [0, 0.05) is 28.9 Å². The summed E-state index contributed by atoms with van der Waals surface area (Å²) in [5.41, 5.74) is 3.11. The molecule has 4 nitrogen and oxygen atoms in total. The molecular weight excluding hydrogens is 224 g/mol. The molecule has 0 saturated heterocycles. The van der Waals surface area contributed by atoms with Crippen molar-refractivity contribution in [2.24, 2.45) is 0 Å². The Hall–Kier alpha value is -2.62. The Kier molecular flexibility index (Phi) is 1.80. The fourth-order valence-corrected chi connectivity index (χ4v) is 2.25. The van der Waals surface area contributed by atoms with Crippen LogP contribution in [0.25, 0.3) is 27.6 Å². The van der Waals surface area contributed by atoms with Gasteiger partial charge in [-0.3, -0.25) is 5.10 Å². The number of pyridine rings is 1. The molecule has 0 aliphatic carbocycles. The minimum absolute atomic E-state index is 0.973. The Bertz CT molecular complexity index is 841. The Balaban J connectivity index is 2.00. The normalized spacial score (nSPS) is 11.3. The smallest absolute Gasteiger partial charge is 0.144 e. The van der Waals surface area contributed by atoms with Gasteiger partial charge in [-0.15, -0.1) is 0 Å². The molecular formula is C14H10N4. The van der Waals surface area contributed by atoms with E-state index in [4.69, 9.17) is 0 Å². The highest BCUT2D eigenvalue weighted by Gasteiger charge is 2.04. The standard InChI is InChI=1S/C14H10N4/c1-2-10-5-7-18(14(10)15-6-1)12-3-4-13-11(8-12)9-16-17-13/h1-9H,(H,16,17). The van der Waals surface area contributed by atoms with Crippen molar-refractivity contribution in [3.8, 4) is 5.69 Å². The molecule has 4 rings (SSSR count). The first-order valence-corrected chi connectivity index (χ1v) is 5.77. The van der Waals surface area contributed by atoms with Gasteiger partial charge in [-0.1, -0.05) is 0 Å². The second-order valence-corrected chi connectivity index (χ2v) is 4.24. The summed E-state index contributed by atoms with van der Waals surface area (Å²) >= 11 is 0. The van der Waals surface area contributed by atoms with E-state index in [0.29, 0.717) is 0 Å². The summed E-state index contributed by atoms with van der Waals surface area (Å²) in [6.07, 6.45) is 5.69. The zero-order valence-corrected chi connectivity index (χ0v) is 9.54. The van der Waals surface area contributed by atoms with E-state index in [9.17, 15) is 0 Å². The number of benzene rings is 1. The molecule has 0 radical (unpaired) electrons. The van der Waals surface area contributed by atoms with Gasteiger partial charge in [0.1, 0.15) is 5.65 Å². The van der Waals surface area contributed by atoms with Gasteiger partial charge >= 0.3 is 0 Å². The summed E-state index contributed by atoms with van der Waals surface area (Å²) < 4.78 is 2.09. The maximum absolute atomic E-state index is 4.42. The number of hydrogen-bond acceptors (Lipinski definition) is 2. The highest BCUT2D eigenvalue weighted by molar-refractivity contribution is 5.82. The minimum atomic E-state index is 0.973. The van der Waals surface area contributed by atoms with Crippen molar-refractivity contribution >= 4 is 21.9 Å². The molecule has 3 aromatic heterocycles. The average Bonchev–Trinajstić information content (AvgIpc) is 3.04. The van der Waals surface area contributed by atoms with Gasteiger partial charge in [0.25, 0.3) is 0 Å². The maximum Gasteiger partial charge on any atom is 0.144 e. The summed E-state index contributed by atoms with van der Waals surface area (Å²) in [6.45, 7) is 0. The van der Waals surface area contributed by atoms with Crippen molar-refractivity contribution in [3.05, 3.63) is 55.0 Å². The molecule has 0 bridgehead atoms. The second-order valence-electron chi connectivity index (χ2n) is 4.24. The van der Waals surface area contributed by atoms with E-state index in [2.05, 4.69) is 44.0 Å². The van der Waals surface area contributed by atoms with E-state index in [1.165, 1.54) is 0 Å². The highest BCUT2D eigenvalue weighted by Crippen LogP contribution is 2.21. The van der Waals surface area contributed by atoms with Crippen molar-refractivity contribution in [1.29, 1.82) is 0 Å². The fourth-order valence-electron chi connectivity index (χ4n) is 2.25. The third-order valence-electron chi connectivity index (χ3n) is 3.15. The van der Waals surface area contributed by atoms with Crippen LogP contribution in [0.5, 0.6) is 0 Å². The first kappa shape index (κ1) is 9.41. The van der Waals surface area contributed by atoms with E-state index in [1.807, 2.05) is 30.7 Å². The van der Waals surface area contributed by atoms with Crippen molar-refractivity contribution in [2.75, 3.05) is 0 Å². The zero-order valence-electron chi connectivity index (χ0n) is 9.54. The van der Waals surface area contributed by atoms with Crippen LogP contribution in [0.1, 0.15) is 0 Å². The summed E-state index contributed by atoms with van der Waals surface area (Å²) in [6, 6.07) is 12.3. The predicted molar refractivity (Wildman–Crippen MR) is 70.7 cm³/mol. The van der Waals surface area contributed by atoms with Gasteiger partial charge in [0.15, 0.2) is 0 Å². The summed E-state index contributed by atoms with van der Waals surface area (Å²) in [5, 5.41) is 9.24. The van der Waals surface area contributed by atoms with Gasteiger partial charge < -0.3 is 4.57 Å². The van der Waals surface area contributed by atoms with Gasteiger partial charge in [-0.2, -0.15) is 5.10 Å². The lowest BCUT2D eigenvalue weighted by Gasteiger charge is -2.04. The van der Waals surface area contributed by atoms with E-state index in [-0.39, 0.29) is 0 Å². The number of rotatable bonds is 1. The summed E-state index contributed by atoms with van der Waals surface area (Å²) in [5.74, 6) is 0. The maximum atomic E-state index is 4.42. The molecule has 0 saturated carbocycles.